The Bertz CT molecular complexity index is 606. The van der Waals surface area contributed by atoms with Crippen LogP contribution in [0, 0.1) is 17.2 Å². The van der Waals surface area contributed by atoms with E-state index in [0.29, 0.717) is 5.56 Å². The molecule has 0 aliphatic heterocycles. The van der Waals surface area contributed by atoms with Crippen LogP contribution in [0.25, 0.3) is 0 Å². The molecule has 0 aliphatic rings. The van der Waals surface area contributed by atoms with Crippen molar-refractivity contribution in [3.05, 3.63) is 28.8 Å². The van der Waals surface area contributed by atoms with E-state index < -0.39 is 10.0 Å². The first-order chi connectivity index (χ1) is 8.71. The second-order valence-electron chi connectivity index (χ2n) is 4.76. The van der Waals surface area contributed by atoms with Gasteiger partial charge in [0.2, 0.25) is 10.0 Å². The zero-order chi connectivity index (χ0) is 14.8. The predicted octanol–water partition coefficient (Wildman–Crippen LogP) is 2.88. The van der Waals surface area contributed by atoms with Crippen LogP contribution in [0.2, 0.25) is 5.02 Å². The lowest BCUT2D eigenvalue weighted by Crippen LogP contribution is -2.38. The van der Waals surface area contributed by atoms with E-state index in [9.17, 15) is 8.42 Å². The van der Waals surface area contributed by atoms with Crippen LogP contribution in [-0.2, 0) is 10.0 Å². The van der Waals surface area contributed by atoms with Crippen LogP contribution in [-0.4, -0.2) is 25.8 Å². The number of nitrogens with zero attached hydrogens (tertiary/aromatic N) is 2. The largest absolute Gasteiger partial charge is 0.244 e. The maximum atomic E-state index is 12.5. The summed E-state index contributed by atoms with van der Waals surface area (Å²) in [4.78, 5) is 0.0307. The summed E-state index contributed by atoms with van der Waals surface area (Å²) in [6.07, 6.45) is 0. The van der Waals surface area contributed by atoms with Crippen molar-refractivity contribution in [1.82, 2.24) is 4.31 Å². The molecule has 4 nitrogen and oxygen atoms in total. The molecule has 1 aromatic carbocycles. The lowest BCUT2D eigenvalue weighted by Gasteiger charge is -2.27. The van der Waals surface area contributed by atoms with Gasteiger partial charge in [0.1, 0.15) is 4.90 Å². The maximum absolute atomic E-state index is 12.5. The summed E-state index contributed by atoms with van der Waals surface area (Å²) in [6, 6.07) is 5.97. The number of benzene rings is 1. The third kappa shape index (κ3) is 3.27. The average Bonchev–Trinajstić information content (AvgIpc) is 2.36. The van der Waals surface area contributed by atoms with E-state index in [1.807, 2.05) is 26.8 Å². The molecule has 0 saturated heterocycles. The zero-order valence-corrected chi connectivity index (χ0v) is 13.0. The van der Waals surface area contributed by atoms with Gasteiger partial charge in [0.05, 0.1) is 16.7 Å². The Morgan fingerprint density at radius 2 is 1.89 bits per heavy atom. The summed E-state index contributed by atoms with van der Waals surface area (Å²) < 4.78 is 26.2. The molecule has 0 heterocycles. The minimum absolute atomic E-state index is 0.0307. The van der Waals surface area contributed by atoms with Crippen molar-refractivity contribution in [2.75, 3.05) is 7.05 Å². The average molecular weight is 301 g/mol. The van der Waals surface area contributed by atoms with Crippen LogP contribution in [0.15, 0.2) is 23.1 Å². The van der Waals surface area contributed by atoms with Gasteiger partial charge < -0.3 is 0 Å². The number of nitriles is 1. The normalized spacial score (nSPS) is 13.6. The second kappa shape index (κ2) is 5.91. The van der Waals surface area contributed by atoms with Crippen molar-refractivity contribution < 1.29 is 8.42 Å². The van der Waals surface area contributed by atoms with Crippen LogP contribution in [0.1, 0.15) is 26.3 Å². The van der Waals surface area contributed by atoms with E-state index in [1.54, 1.807) is 0 Å². The van der Waals surface area contributed by atoms with Crippen LogP contribution >= 0.6 is 11.6 Å². The number of sulfonamides is 1. The molecule has 104 valence electrons. The maximum Gasteiger partial charge on any atom is 0.244 e. The summed E-state index contributed by atoms with van der Waals surface area (Å²) in [5.74, 6) is 0.192. The molecule has 0 fully saturated rings. The van der Waals surface area contributed by atoms with Crippen LogP contribution in [0.5, 0.6) is 0 Å². The van der Waals surface area contributed by atoms with E-state index in [2.05, 4.69) is 0 Å². The van der Waals surface area contributed by atoms with Crippen molar-refractivity contribution in [2.45, 2.75) is 31.7 Å². The van der Waals surface area contributed by atoms with E-state index in [0.717, 1.165) is 0 Å². The fourth-order valence-corrected chi connectivity index (χ4v) is 3.58. The molecular weight excluding hydrogens is 284 g/mol. The van der Waals surface area contributed by atoms with Gasteiger partial charge in [-0.05, 0) is 31.0 Å². The van der Waals surface area contributed by atoms with E-state index in [1.165, 1.54) is 29.6 Å². The molecule has 0 saturated carbocycles. The first kappa shape index (κ1) is 16.0. The molecule has 19 heavy (non-hydrogen) atoms. The van der Waals surface area contributed by atoms with Gasteiger partial charge in [-0.25, -0.2) is 8.42 Å². The SMILES string of the molecule is CC(C)C(C)N(C)S(=O)(=O)c1ccc(C#N)cc1Cl. The fraction of sp³-hybridized carbons (Fsp3) is 0.462. The van der Waals surface area contributed by atoms with Gasteiger partial charge in [0, 0.05) is 13.1 Å². The quantitative estimate of drug-likeness (QED) is 0.859. The lowest BCUT2D eigenvalue weighted by molar-refractivity contribution is 0.316. The van der Waals surface area contributed by atoms with E-state index >= 15 is 0 Å². The highest BCUT2D eigenvalue weighted by Gasteiger charge is 2.28. The van der Waals surface area contributed by atoms with Gasteiger partial charge in [-0.15, -0.1) is 0 Å². The molecule has 0 spiro atoms. The Kier molecular flexibility index (Phi) is 4.97. The summed E-state index contributed by atoms with van der Waals surface area (Å²) >= 11 is 5.96. The van der Waals surface area contributed by atoms with Crippen LogP contribution in [0.3, 0.4) is 0 Å². The predicted molar refractivity (Wildman–Crippen MR) is 75.4 cm³/mol. The molecule has 1 aromatic rings. The van der Waals surface area contributed by atoms with E-state index in [-0.39, 0.29) is 21.9 Å². The molecule has 6 heteroatoms. The molecule has 1 unspecified atom stereocenters. The smallest absolute Gasteiger partial charge is 0.207 e. The molecule has 0 bridgehead atoms. The van der Waals surface area contributed by atoms with Gasteiger partial charge in [-0.3, -0.25) is 0 Å². The topological polar surface area (TPSA) is 61.2 Å². The standard InChI is InChI=1S/C13H17ClN2O2S/c1-9(2)10(3)16(4)19(17,18)13-6-5-11(8-15)7-12(13)14/h5-7,9-10H,1-4H3. The van der Waals surface area contributed by atoms with Crippen LogP contribution < -0.4 is 0 Å². The van der Waals surface area contributed by atoms with Gasteiger partial charge in [-0.2, -0.15) is 9.57 Å². The van der Waals surface area contributed by atoms with Crippen molar-refractivity contribution >= 4 is 21.6 Å². The minimum Gasteiger partial charge on any atom is -0.207 e. The van der Waals surface area contributed by atoms with Gasteiger partial charge >= 0.3 is 0 Å². The summed E-state index contributed by atoms with van der Waals surface area (Å²) in [7, 11) is -2.11. The lowest BCUT2D eigenvalue weighted by atomic mass is 10.1. The highest BCUT2D eigenvalue weighted by Crippen LogP contribution is 2.27. The summed E-state index contributed by atoms with van der Waals surface area (Å²) in [5.41, 5.74) is 0.337. The monoisotopic (exact) mass is 300 g/mol. The van der Waals surface area contributed by atoms with Gasteiger partial charge in [0.25, 0.3) is 0 Å². The Balaban J connectivity index is 3.25. The van der Waals surface area contributed by atoms with Crippen molar-refractivity contribution in [3.8, 4) is 6.07 Å². The third-order valence-electron chi connectivity index (χ3n) is 3.26. The second-order valence-corrected chi connectivity index (χ2v) is 7.14. The molecule has 0 amide bonds. The summed E-state index contributed by atoms with van der Waals surface area (Å²) in [5, 5.41) is 8.83. The van der Waals surface area contributed by atoms with Crippen molar-refractivity contribution in [3.63, 3.8) is 0 Å². The number of hydrogen-bond acceptors (Lipinski definition) is 3. The minimum atomic E-state index is -3.65. The molecule has 1 atom stereocenters. The number of hydrogen-bond donors (Lipinski definition) is 0. The highest BCUT2D eigenvalue weighted by molar-refractivity contribution is 7.89. The molecule has 0 N–H and O–H groups in total. The Morgan fingerprint density at radius 3 is 2.32 bits per heavy atom. The first-order valence-corrected chi connectivity index (χ1v) is 7.71. The molecule has 0 aromatic heterocycles. The highest BCUT2D eigenvalue weighted by atomic mass is 35.5. The van der Waals surface area contributed by atoms with E-state index in [4.69, 9.17) is 16.9 Å². The van der Waals surface area contributed by atoms with Crippen LogP contribution in [0.4, 0.5) is 0 Å². The third-order valence-corrected chi connectivity index (χ3v) is 5.68. The molecule has 0 radical (unpaired) electrons. The number of halogens is 1. The first-order valence-electron chi connectivity index (χ1n) is 5.89. The number of rotatable bonds is 4. The van der Waals surface area contributed by atoms with Crippen molar-refractivity contribution in [1.29, 1.82) is 5.26 Å². The molecular formula is C13H17ClN2O2S. The Labute approximate surface area is 119 Å². The molecule has 1 rings (SSSR count). The zero-order valence-electron chi connectivity index (χ0n) is 11.4. The van der Waals surface area contributed by atoms with Gasteiger partial charge in [0.15, 0.2) is 0 Å². The molecule has 0 aliphatic carbocycles. The Morgan fingerprint density at radius 1 is 1.32 bits per heavy atom. The summed E-state index contributed by atoms with van der Waals surface area (Å²) in [6.45, 7) is 5.76. The Hall–Kier alpha value is -1.09. The van der Waals surface area contributed by atoms with Gasteiger partial charge in [-0.1, -0.05) is 25.4 Å². The fourth-order valence-electron chi connectivity index (χ4n) is 1.57. The van der Waals surface area contributed by atoms with Crippen molar-refractivity contribution in [2.24, 2.45) is 5.92 Å².